The lowest BCUT2D eigenvalue weighted by Gasteiger charge is -2.43. The molecular formula is C13H27ClN2O. The minimum absolute atomic E-state index is 0. The van der Waals surface area contributed by atoms with Gasteiger partial charge < -0.3 is 9.64 Å². The van der Waals surface area contributed by atoms with Gasteiger partial charge in [-0.1, -0.05) is 13.3 Å². The predicted molar refractivity (Wildman–Crippen MR) is 73.7 cm³/mol. The predicted octanol–water partition coefficient (Wildman–Crippen LogP) is 2.25. The Bertz CT molecular complexity index is 229. The van der Waals surface area contributed by atoms with Gasteiger partial charge in [-0.25, -0.2) is 0 Å². The van der Waals surface area contributed by atoms with E-state index in [9.17, 15) is 0 Å². The van der Waals surface area contributed by atoms with Crippen LogP contribution in [0, 0.1) is 5.92 Å². The van der Waals surface area contributed by atoms with E-state index >= 15 is 0 Å². The van der Waals surface area contributed by atoms with Crippen LogP contribution in [-0.2, 0) is 4.74 Å². The second kappa shape index (κ2) is 6.37. The molecule has 3 unspecified atom stereocenters. The van der Waals surface area contributed by atoms with Crippen molar-refractivity contribution < 1.29 is 4.74 Å². The summed E-state index contributed by atoms with van der Waals surface area (Å²) in [6.07, 6.45) is 5.18. The third kappa shape index (κ3) is 4.09. The van der Waals surface area contributed by atoms with Gasteiger partial charge in [-0.05, 0) is 39.3 Å². The molecule has 0 bridgehead atoms. The van der Waals surface area contributed by atoms with Crippen molar-refractivity contribution in [1.29, 1.82) is 0 Å². The van der Waals surface area contributed by atoms with E-state index in [4.69, 9.17) is 4.74 Å². The Labute approximate surface area is 112 Å². The maximum Gasteiger partial charge on any atom is 0.117 e. The standard InChI is InChI=1S/C13H26N2O.ClH/c1-11-9-14-13(2,16-10-11)8-12-6-4-5-7-15(12)3;/h11-12,14H,4-10H2,1-3H3;1H. The molecule has 102 valence electrons. The number of rotatable bonds is 2. The Kier molecular flexibility index (Phi) is 5.71. The molecule has 2 aliphatic rings. The summed E-state index contributed by atoms with van der Waals surface area (Å²) in [6.45, 7) is 7.69. The normalized spacial score (nSPS) is 39.7. The van der Waals surface area contributed by atoms with Crippen molar-refractivity contribution in [2.24, 2.45) is 5.92 Å². The molecule has 0 aromatic heterocycles. The first-order valence-electron chi connectivity index (χ1n) is 6.68. The van der Waals surface area contributed by atoms with Gasteiger partial charge >= 0.3 is 0 Å². The van der Waals surface area contributed by atoms with Crippen LogP contribution in [0.4, 0.5) is 0 Å². The van der Waals surface area contributed by atoms with Gasteiger partial charge in [-0.15, -0.1) is 12.4 Å². The van der Waals surface area contributed by atoms with E-state index < -0.39 is 0 Å². The van der Waals surface area contributed by atoms with Gasteiger partial charge in [-0.3, -0.25) is 5.32 Å². The molecule has 0 saturated carbocycles. The van der Waals surface area contributed by atoms with E-state index in [2.05, 4.69) is 31.1 Å². The molecule has 4 heteroatoms. The zero-order chi connectivity index (χ0) is 11.6. The van der Waals surface area contributed by atoms with Gasteiger partial charge in [0.1, 0.15) is 5.72 Å². The highest BCUT2D eigenvalue weighted by Crippen LogP contribution is 2.26. The minimum atomic E-state index is -0.0945. The number of hydrogen-bond acceptors (Lipinski definition) is 3. The highest BCUT2D eigenvalue weighted by atomic mass is 35.5. The molecule has 17 heavy (non-hydrogen) atoms. The van der Waals surface area contributed by atoms with Crippen LogP contribution in [0.1, 0.15) is 39.5 Å². The van der Waals surface area contributed by atoms with Crippen LogP contribution >= 0.6 is 12.4 Å². The number of nitrogens with zero attached hydrogens (tertiary/aromatic N) is 1. The average Bonchev–Trinajstić information content (AvgIpc) is 2.27. The van der Waals surface area contributed by atoms with E-state index in [-0.39, 0.29) is 18.1 Å². The summed E-state index contributed by atoms with van der Waals surface area (Å²) >= 11 is 0. The number of piperidine rings is 1. The topological polar surface area (TPSA) is 24.5 Å². The van der Waals surface area contributed by atoms with Crippen molar-refractivity contribution in [3.8, 4) is 0 Å². The largest absolute Gasteiger partial charge is 0.361 e. The lowest BCUT2D eigenvalue weighted by atomic mass is 9.94. The van der Waals surface area contributed by atoms with Gasteiger partial charge in [-0.2, -0.15) is 0 Å². The van der Waals surface area contributed by atoms with Crippen LogP contribution in [0.5, 0.6) is 0 Å². The number of halogens is 1. The quantitative estimate of drug-likeness (QED) is 0.826. The third-order valence-corrected chi connectivity index (χ3v) is 4.06. The van der Waals surface area contributed by atoms with Crippen molar-refractivity contribution >= 4 is 12.4 Å². The van der Waals surface area contributed by atoms with E-state index in [1.54, 1.807) is 0 Å². The number of likely N-dealkylation sites (tertiary alicyclic amines) is 1. The minimum Gasteiger partial charge on any atom is -0.361 e. The highest BCUT2D eigenvalue weighted by molar-refractivity contribution is 5.85. The van der Waals surface area contributed by atoms with E-state index in [1.165, 1.54) is 25.8 Å². The molecule has 0 aromatic rings. The van der Waals surface area contributed by atoms with Crippen molar-refractivity contribution in [3.05, 3.63) is 0 Å². The smallest absolute Gasteiger partial charge is 0.117 e. The zero-order valence-electron chi connectivity index (χ0n) is 11.4. The molecule has 0 aromatic carbocycles. The van der Waals surface area contributed by atoms with Crippen molar-refractivity contribution in [2.45, 2.75) is 51.3 Å². The lowest BCUT2D eigenvalue weighted by molar-refractivity contribution is -0.117. The summed E-state index contributed by atoms with van der Waals surface area (Å²) in [7, 11) is 2.25. The summed E-state index contributed by atoms with van der Waals surface area (Å²) < 4.78 is 5.99. The molecule has 1 N–H and O–H groups in total. The number of ether oxygens (including phenoxy) is 1. The summed E-state index contributed by atoms with van der Waals surface area (Å²) in [6, 6.07) is 0.694. The molecule has 3 atom stereocenters. The van der Waals surface area contributed by atoms with Crippen LogP contribution < -0.4 is 5.32 Å². The third-order valence-electron chi connectivity index (χ3n) is 4.06. The maximum absolute atomic E-state index is 5.99. The molecule has 2 fully saturated rings. The summed E-state index contributed by atoms with van der Waals surface area (Å²) in [4.78, 5) is 2.50. The Morgan fingerprint density at radius 3 is 2.76 bits per heavy atom. The fraction of sp³-hybridized carbons (Fsp3) is 1.00. The van der Waals surface area contributed by atoms with Crippen LogP contribution in [-0.4, -0.2) is 43.4 Å². The molecule has 0 aliphatic carbocycles. The molecule has 0 radical (unpaired) electrons. The van der Waals surface area contributed by atoms with Gasteiger partial charge in [0, 0.05) is 19.0 Å². The first kappa shape index (κ1) is 15.2. The van der Waals surface area contributed by atoms with Crippen LogP contribution in [0.15, 0.2) is 0 Å². The van der Waals surface area contributed by atoms with Crippen LogP contribution in [0.25, 0.3) is 0 Å². The van der Waals surface area contributed by atoms with Crippen molar-refractivity contribution in [3.63, 3.8) is 0 Å². The SMILES string of the molecule is CC1CNC(C)(CC2CCCCN2C)OC1.Cl. The Morgan fingerprint density at radius 1 is 1.41 bits per heavy atom. The molecule has 2 saturated heterocycles. The van der Waals surface area contributed by atoms with Gasteiger partial charge in [0.15, 0.2) is 0 Å². The fourth-order valence-corrected chi connectivity index (χ4v) is 2.81. The van der Waals surface area contributed by atoms with Crippen LogP contribution in [0.2, 0.25) is 0 Å². The number of nitrogens with one attached hydrogen (secondary N) is 1. The number of hydrogen-bond donors (Lipinski definition) is 1. The monoisotopic (exact) mass is 262 g/mol. The first-order chi connectivity index (χ1) is 7.59. The van der Waals surface area contributed by atoms with E-state index in [0.29, 0.717) is 12.0 Å². The van der Waals surface area contributed by atoms with Gasteiger partial charge in [0.25, 0.3) is 0 Å². The van der Waals surface area contributed by atoms with Crippen molar-refractivity contribution in [2.75, 3.05) is 26.7 Å². The molecule has 2 rings (SSSR count). The molecule has 2 heterocycles. The highest BCUT2D eigenvalue weighted by Gasteiger charge is 2.34. The maximum atomic E-state index is 5.99. The second-order valence-electron chi connectivity index (χ2n) is 5.86. The zero-order valence-corrected chi connectivity index (χ0v) is 12.2. The molecule has 3 nitrogen and oxygen atoms in total. The summed E-state index contributed by atoms with van der Waals surface area (Å²) in [5.74, 6) is 0.650. The lowest BCUT2D eigenvalue weighted by Crippen LogP contribution is -2.55. The fourth-order valence-electron chi connectivity index (χ4n) is 2.81. The first-order valence-corrected chi connectivity index (χ1v) is 6.68. The Balaban J connectivity index is 0.00000144. The Morgan fingerprint density at radius 2 is 2.18 bits per heavy atom. The average molecular weight is 263 g/mol. The molecular weight excluding hydrogens is 236 g/mol. The van der Waals surface area contributed by atoms with Gasteiger partial charge in [0.2, 0.25) is 0 Å². The molecule has 0 spiro atoms. The summed E-state index contributed by atoms with van der Waals surface area (Å²) in [5.41, 5.74) is -0.0945. The Hall–Kier alpha value is 0.170. The van der Waals surface area contributed by atoms with E-state index in [1.807, 2.05) is 0 Å². The van der Waals surface area contributed by atoms with Gasteiger partial charge in [0.05, 0.1) is 6.61 Å². The second-order valence-corrected chi connectivity index (χ2v) is 5.86. The van der Waals surface area contributed by atoms with Crippen LogP contribution in [0.3, 0.4) is 0 Å². The van der Waals surface area contributed by atoms with Crippen molar-refractivity contribution in [1.82, 2.24) is 10.2 Å². The molecule has 2 aliphatic heterocycles. The summed E-state index contributed by atoms with van der Waals surface area (Å²) in [5, 5.41) is 3.56. The van der Waals surface area contributed by atoms with E-state index in [0.717, 1.165) is 19.6 Å². The molecule has 0 amide bonds.